The summed E-state index contributed by atoms with van der Waals surface area (Å²) in [5.74, 6) is -1.22. The Labute approximate surface area is 112 Å². The number of carbonyl (C=O) groups excluding carboxylic acids is 3. The predicted molar refractivity (Wildman–Crippen MR) is 66.7 cm³/mol. The van der Waals surface area contributed by atoms with Crippen molar-refractivity contribution in [1.29, 1.82) is 0 Å². The zero-order chi connectivity index (χ0) is 14.0. The number of carbonyl (C=O) groups is 3. The van der Waals surface area contributed by atoms with E-state index in [1.54, 1.807) is 6.92 Å². The van der Waals surface area contributed by atoms with Gasteiger partial charge in [-0.15, -0.1) is 0 Å². The van der Waals surface area contributed by atoms with Crippen LogP contribution in [0.4, 0.5) is 0 Å². The quantitative estimate of drug-likeness (QED) is 0.715. The monoisotopic (exact) mass is 267 g/mol. The Hall–Kier alpha value is -1.43. The number of amides is 2. The van der Waals surface area contributed by atoms with Gasteiger partial charge in [-0.25, -0.2) is 0 Å². The van der Waals surface area contributed by atoms with Gasteiger partial charge in [0.1, 0.15) is 12.1 Å². The zero-order valence-corrected chi connectivity index (χ0v) is 11.0. The van der Waals surface area contributed by atoms with Crippen LogP contribution in [0.5, 0.6) is 0 Å². The first-order valence-electron chi connectivity index (χ1n) is 6.55. The van der Waals surface area contributed by atoms with Crippen molar-refractivity contribution in [2.45, 2.75) is 44.2 Å². The average Bonchev–Trinajstić information content (AvgIpc) is 2.87. The number of ether oxygens (including phenoxy) is 1. The molecular weight excluding hydrogens is 248 g/mol. The molecule has 2 fully saturated rings. The Bertz CT molecular complexity index is 409. The Morgan fingerprint density at radius 3 is 3.05 bits per heavy atom. The Kier molecular flexibility index (Phi) is 3.89. The van der Waals surface area contributed by atoms with E-state index in [4.69, 9.17) is 10.5 Å². The van der Waals surface area contributed by atoms with Crippen molar-refractivity contribution < 1.29 is 19.1 Å². The highest BCUT2D eigenvalue weighted by Gasteiger charge is 2.54. The number of fused-ring (bicyclic) bond motifs is 1. The van der Waals surface area contributed by atoms with Crippen LogP contribution in [0.3, 0.4) is 0 Å². The number of nitrogens with two attached hydrogens (primary N) is 1. The summed E-state index contributed by atoms with van der Waals surface area (Å²) < 4.78 is 5.40. The first-order valence-corrected chi connectivity index (χ1v) is 6.55. The molecule has 1 aliphatic carbocycles. The highest BCUT2D eigenvalue weighted by molar-refractivity contribution is 5.98. The first-order chi connectivity index (χ1) is 8.95. The molecule has 6 nitrogen and oxygen atoms in total. The van der Waals surface area contributed by atoms with E-state index in [0.29, 0.717) is 6.42 Å². The summed E-state index contributed by atoms with van der Waals surface area (Å²) in [5, 5.41) is 2.78. The van der Waals surface area contributed by atoms with Gasteiger partial charge < -0.3 is 15.8 Å². The largest absolute Gasteiger partial charge is 0.369 e. The molecule has 0 aromatic rings. The molecule has 0 bridgehead atoms. The molecule has 105 valence electrons. The second-order valence-corrected chi connectivity index (χ2v) is 5.32. The lowest BCUT2D eigenvalue weighted by molar-refractivity contribution is -0.128. The van der Waals surface area contributed by atoms with E-state index in [-0.39, 0.29) is 30.8 Å². The standard InChI is InChI=1S/C13H19N2O4/c1-8(12(14)18)4-5-11(17)15-13-6-2-3-10(13)19-7-9(13)16/h5,8,10H,2-4,6-7H2,1H3,(H2,14,18)(H,15,17). The third-order valence-corrected chi connectivity index (χ3v) is 3.99. The summed E-state index contributed by atoms with van der Waals surface area (Å²) in [4.78, 5) is 34.7. The van der Waals surface area contributed by atoms with Crippen molar-refractivity contribution in [3.05, 3.63) is 6.42 Å². The average molecular weight is 267 g/mol. The summed E-state index contributed by atoms with van der Waals surface area (Å²) in [5.41, 5.74) is 4.28. The van der Waals surface area contributed by atoms with E-state index < -0.39 is 17.4 Å². The minimum Gasteiger partial charge on any atom is -0.369 e. The maximum Gasteiger partial charge on any atom is 0.224 e. The molecular formula is C13H19N2O4. The Morgan fingerprint density at radius 1 is 1.63 bits per heavy atom. The number of Topliss-reactive ketones (excluding diaryl/α,β-unsaturated/α-hetero) is 1. The number of ketones is 1. The molecule has 6 heteroatoms. The lowest BCUT2D eigenvalue weighted by Gasteiger charge is -2.27. The van der Waals surface area contributed by atoms with Crippen LogP contribution in [-0.2, 0) is 19.1 Å². The third kappa shape index (κ3) is 2.63. The van der Waals surface area contributed by atoms with Gasteiger partial charge in [0.2, 0.25) is 11.8 Å². The van der Waals surface area contributed by atoms with E-state index in [1.165, 1.54) is 6.42 Å². The van der Waals surface area contributed by atoms with Crippen LogP contribution in [0, 0.1) is 12.3 Å². The van der Waals surface area contributed by atoms with Crippen LogP contribution in [-0.4, -0.2) is 35.8 Å². The van der Waals surface area contributed by atoms with Crippen LogP contribution in [0.15, 0.2) is 0 Å². The fourth-order valence-corrected chi connectivity index (χ4v) is 2.71. The summed E-state index contributed by atoms with van der Waals surface area (Å²) >= 11 is 0. The maximum atomic E-state index is 11.9. The molecule has 3 atom stereocenters. The molecule has 3 unspecified atom stereocenters. The highest BCUT2D eigenvalue weighted by atomic mass is 16.5. The minimum absolute atomic E-state index is 0.0558. The first kappa shape index (κ1) is 14.0. The summed E-state index contributed by atoms with van der Waals surface area (Å²) in [6, 6.07) is 0. The smallest absolute Gasteiger partial charge is 0.224 e. The van der Waals surface area contributed by atoms with Gasteiger partial charge in [-0.3, -0.25) is 14.4 Å². The molecule has 19 heavy (non-hydrogen) atoms. The zero-order valence-electron chi connectivity index (χ0n) is 11.0. The Morgan fingerprint density at radius 2 is 2.37 bits per heavy atom. The van der Waals surface area contributed by atoms with Crippen molar-refractivity contribution in [1.82, 2.24) is 5.32 Å². The van der Waals surface area contributed by atoms with Crippen molar-refractivity contribution in [3.8, 4) is 0 Å². The second kappa shape index (κ2) is 5.28. The van der Waals surface area contributed by atoms with Crippen molar-refractivity contribution in [2.24, 2.45) is 11.7 Å². The lowest BCUT2D eigenvalue weighted by Crippen LogP contribution is -2.56. The van der Waals surface area contributed by atoms with E-state index in [2.05, 4.69) is 5.32 Å². The van der Waals surface area contributed by atoms with E-state index in [9.17, 15) is 14.4 Å². The van der Waals surface area contributed by atoms with Gasteiger partial charge in [-0.1, -0.05) is 6.92 Å². The van der Waals surface area contributed by atoms with E-state index in [0.717, 1.165) is 12.8 Å². The molecule has 1 saturated heterocycles. The molecule has 2 aliphatic rings. The van der Waals surface area contributed by atoms with Crippen molar-refractivity contribution in [2.75, 3.05) is 6.61 Å². The molecule has 0 aromatic carbocycles. The van der Waals surface area contributed by atoms with Gasteiger partial charge in [0.15, 0.2) is 5.78 Å². The van der Waals surface area contributed by atoms with Crippen LogP contribution in [0.25, 0.3) is 0 Å². The number of hydrogen-bond acceptors (Lipinski definition) is 4. The van der Waals surface area contributed by atoms with E-state index >= 15 is 0 Å². The fraction of sp³-hybridized carbons (Fsp3) is 0.692. The van der Waals surface area contributed by atoms with Gasteiger partial charge in [-0.05, 0) is 25.7 Å². The molecule has 1 radical (unpaired) electrons. The molecule has 2 rings (SSSR count). The van der Waals surface area contributed by atoms with Gasteiger partial charge in [0.05, 0.1) is 12.5 Å². The van der Waals surface area contributed by atoms with Crippen LogP contribution < -0.4 is 11.1 Å². The third-order valence-electron chi connectivity index (χ3n) is 3.99. The Balaban J connectivity index is 1.91. The number of primary amides is 1. The number of rotatable bonds is 5. The lowest BCUT2D eigenvalue weighted by atomic mass is 9.91. The van der Waals surface area contributed by atoms with Crippen LogP contribution >= 0.6 is 0 Å². The van der Waals surface area contributed by atoms with Crippen LogP contribution in [0.1, 0.15) is 32.6 Å². The van der Waals surface area contributed by atoms with Crippen LogP contribution in [0.2, 0.25) is 0 Å². The van der Waals surface area contributed by atoms with E-state index in [1.807, 2.05) is 0 Å². The SMILES string of the molecule is CC(C[CH]C(=O)NC12CCCC1OCC2=O)C(N)=O. The molecule has 3 N–H and O–H groups in total. The number of hydrogen-bond donors (Lipinski definition) is 2. The molecule has 0 spiro atoms. The van der Waals surface area contributed by atoms with Gasteiger partial charge >= 0.3 is 0 Å². The molecule has 0 aromatic heterocycles. The van der Waals surface area contributed by atoms with Crippen molar-refractivity contribution in [3.63, 3.8) is 0 Å². The topological polar surface area (TPSA) is 98.5 Å². The number of nitrogens with one attached hydrogen (secondary N) is 1. The molecule has 2 amide bonds. The highest BCUT2D eigenvalue weighted by Crippen LogP contribution is 2.37. The molecule has 1 saturated carbocycles. The summed E-state index contributed by atoms with van der Waals surface area (Å²) in [6.45, 7) is 1.73. The molecule has 1 aliphatic heterocycles. The predicted octanol–water partition coefficient (Wildman–Crippen LogP) is -0.291. The van der Waals surface area contributed by atoms with Gasteiger partial charge in [-0.2, -0.15) is 0 Å². The fourth-order valence-electron chi connectivity index (χ4n) is 2.71. The normalized spacial score (nSPS) is 31.0. The van der Waals surface area contributed by atoms with Crippen molar-refractivity contribution >= 4 is 17.6 Å². The summed E-state index contributed by atoms with van der Waals surface area (Å²) in [6.07, 6.45) is 3.74. The minimum atomic E-state index is -0.844. The van der Waals surface area contributed by atoms with Gasteiger partial charge in [0, 0.05) is 5.92 Å². The van der Waals surface area contributed by atoms with Gasteiger partial charge in [0.25, 0.3) is 0 Å². The summed E-state index contributed by atoms with van der Waals surface area (Å²) in [7, 11) is 0. The second-order valence-electron chi connectivity index (χ2n) is 5.32. The maximum absolute atomic E-state index is 11.9. The molecule has 1 heterocycles.